The molecule has 0 radical (unpaired) electrons. The first-order valence-electron chi connectivity index (χ1n) is 16.3. The number of aromatic nitrogens is 6. The van der Waals surface area contributed by atoms with E-state index in [1.807, 2.05) is 61.2 Å². The van der Waals surface area contributed by atoms with E-state index >= 15 is 4.39 Å². The molecule has 0 bridgehead atoms. The van der Waals surface area contributed by atoms with E-state index in [4.69, 9.17) is 29.6 Å². The Balaban J connectivity index is 1.40. The molecule has 3 aromatic heterocycles. The van der Waals surface area contributed by atoms with Crippen LogP contribution in [-0.2, 0) is 28.2 Å². The van der Waals surface area contributed by atoms with Crippen molar-refractivity contribution in [3.63, 3.8) is 0 Å². The number of ether oxygens (including phenoxy) is 2. The molecule has 49 heavy (non-hydrogen) atoms. The highest BCUT2D eigenvalue weighted by molar-refractivity contribution is 7.90. The van der Waals surface area contributed by atoms with Gasteiger partial charge < -0.3 is 19.7 Å². The maximum atomic E-state index is 15.4. The quantitative estimate of drug-likeness (QED) is 0.162. The first kappa shape index (κ1) is 32.7. The number of aryl methyl sites for hydroxylation is 2. The second-order valence-corrected chi connectivity index (χ2v) is 14.7. The number of rotatable bonds is 11. The predicted octanol–water partition coefficient (Wildman–Crippen LogP) is 6.59. The fourth-order valence-electron chi connectivity index (χ4n) is 6.14. The van der Waals surface area contributed by atoms with Gasteiger partial charge in [-0.3, -0.25) is 4.68 Å². The Morgan fingerprint density at radius 3 is 2.47 bits per heavy atom. The van der Waals surface area contributed by atoms with Crippen LogP contribution < -0.4 is 15.0 Å². The summed E-state index contributed by atoms with van der Waals surface area (Å²) in [6.45, 7) is 3.13. The molecule has 1 aliphatic heterocycles. The van der Waals surface area contributed by atoms with Gasteiger partial charge in [-0.25, -0.2) is 22.5 Å². The second kappa shape index (κ2) is 13.2. The molecule has 2 fully saturated rings. The number of benzene rings is 2. The minimum atomic E-state index is -3.60. The molecule has 2 aromatic carbocycles. The average molecular weight is 687 g/mol. The molecular formula is C35H39FN8O4S. The third kappa shape index (κ3) is 7.01. The van der Waals surface area contributed by atoms with Gasteiger partial charge in [0, 0.05) is 43.4 Å². The fourth-order valence-corrected chi connectivity index (χ4v) is 6.77. The Morgan fingerprint density at radius 2 is 1.84 bits per heavy atom. The number of methoxy groups -OCH3 is 1. The van der Waals surface area contributed by atoms with Gasteiger partial charge in [0.15, 0.2) is 21.9 Å². The highest BCUT2D eigenvalue weighted by atomic mass is 32.2. The van der Waals surface area contributed by atoms with Crippen molar-refractivity contribution in [2.75, 3.05) is 30.2 Å². The molecule has 1 aliphatic carbocycles. The summed E-state index contributed by atoms with van der Waals surface area (Å²) in [5.41, 5.74) is 4.23. The summed E-state index contributed by atoms with van der Waals surface area (Å²) in [5, 5.41) is 12.8. The molecule has 0 amide bonds. The summed E-state index contributed by atoms with van der Waals surface area (Å²) in [5.74, 6) is 1.64. The Morgan fingerprint density at radius 1 is 1.04 bits per heavy atom. The van der Waals surface area contributed by atoms with Crippen LogP contribution in [-0.4, -0.2) is 57.9 Å². The van der Waals surface area contributed by atoms with E-state index in [2.05, 4.69) is 10.2 Å². The Labute approximate surface area is 284 Å². The lowest BCUT2D eigenvalue weighted by atomic mass is 10.1. The summed E-state index contributed by atoms with van der Waals surface area (Å²) in [7, 11) is -0.115. The number of hydrogen-bond acceptors (Lipinski definition) is 10. The highest BCUT2D eigenvalue weighted by Crippen LogP contribution is 2.49. The number of sulfone groups is 1. The van der Waals surface area contributed by atoms with E-state index in [-0.39, 0.29) is 28.7 Å². The molecule has 1 N–H and O–H groups in total. The standard InChI is InChI=1S/C35H39FN8O4S/c1-22-19-30(41-44(22)31-7-5-6-18-48-31)43(21-23-8-12-25(47-3)13-9-23)34-32(24-10-11-24)33(29-16-17-42(2)40-29)38-35(39-34)37-28-15-14-26(20-27(28)36)49(4,45)46/h8-9,12-17,19-20,24,31H,5-7,10-11,18,21H2,1-4H3,(H,37,38,39). The van der Waals surface area contributed by atoms with Crippen molar-refractivity contribution in [2.24, 2.45) is 7.05 Å². The van der Waals surface area contributed by atoms with E-state index in [0.717, 1.165) is 67.0 Å². The fraction of sp³-hybridized carbons (Fsp3) is 0.371. The van der Waals surface area contributed by atoms with Crippen molar-refractivity contribution in [1.82, 2.24) is 29.5 Å². The normalized spacial score (nSPS) is 16.5. The van der Waals surface area contributed by atoms with E-state index in [0.29, 0.717) is 36.2 Å². The molecule has 1 saturated heterocycles. The van der Waals surface area contributed by atoms with Gasteiger partial charge in [-0.15, -0.1) is 0 Å². The zero-order valence-electron chi connectivity index (χ0n) is 27.9. The number of nitrogens with zero attached hydrogens (tertiary/aromatic N) is 7. The van der Waals surface area contributed by atoms with Gasteiger partial charge in [0.25, 0.3) is 0 Å². The molecule has 1 atom stereocenters. The first-order chi connectivity index (χ1) is 23.6. The lowest BCUT2D eigenvalue weighted by Crippen LogP contribution is -2.23. The molecule has 256 valence electrons. The van der Waals surface area contributed by atoms with Gasteiger partial charge in [0.05, 0.1) is 24.2 Å². The van der Waals surface area contributed by atoms with Crippen LogP contribution in [0, 0.1) is 12.7 Å². The molecular weight excluding hydrogens is 648 g/mol. The molecule has 5 aromatic rings. The van der Waals surface area contributed by atoms with Crippen molar-refractivity contribution < 1.29 is 22.3 Å². The van der Waals surface area contributed by atoms with Gasteiger partial charge in [-0.05, 0) is 86.9 Å². The number of nitrogens with one attached hydrogen (secondary N) is 1. The van der Waals surface area contributed by atoms with Crippen molar-refractivity contribution in [1.29, 1.82) is 0 Å². The summed E-state index contributed by atoms with van der Waals surface area (Å²) in [6.07, 6.45) is 7.64. The van der Waals surface area contributed by atoms with Crippen LogP contribution in [0.1, 0.15) is 61.1 Å². The molecule has 12 nitrogen and oxygen atoms in total. The molecule has 1 saturated carbocycles. The van der Waals surface area contributed by atoms with Crippen molar-refractivity contribution in [3.8, 4) is 17.1 Å². The molecule has 2 aliphatic rings. The number of halogens is 1. The van der Waals surface area contributed by atoms with Gasteiger partial charge in [0.1, 0.15) is 28.8 Å². The van der Waals surface area contributed by atoms with Gasteiger partial charge in [-0.2, -0.15) is 15.2 Å². The Hall–Kier alpha value is -4.82. The lowest BCUT2D eigenvalue weighted by Gasteiger charge is -2.27. The van der Waals surface area contributed by atoms with Crippen LogP contribution in [0.5, 0.6) is 5.75 Å². The smallest absolute Gasteiger partial charge is 0.229 e. The maximum Gasteiger partial charge on any atom is 0.229 e. The maximum absolute atomic E-state index is 15.4. The zero-order valence-corrected chi connectivity index (χ0v) is 28.7. The van der Waals surface area contributed by atoms with E-state index in [1.165, 1.54) is 12.1 Å². The third-order valence-corrected chi connectivity index (χ3v) is 9.96. The van der Waals surface area contributed by atoms with Gasteiger partial charge >= 0.3 is 0 Å². The zero-order chi connectivity index (χ0) is 34.3. The van der Waals surface area contributed by atoms with E-state index < -0.39 is 15.7 Å². The number of anilines is 4. The third-order valence-electron chi connectivity index (χ3n) is 8.85. The van der Waals surface area contributed by atoms with Crippen LogP contribution in [0.3, 0.4) is 0 Å². The summed E-state index contributed by atoms with van der Waals surface area (Å²) in [6, 6.07) is 15.5. The van der Waals surface area contributed by atoms with Crippen LogP contribution in [0.15, 0.2) is 65.7 Å². The number of hydrogen-bond donors (Lipinski definition) is 1. The van der Waals surface area contributed by atoms with E-state index in [9.17, 15) is 8.42 Å². The first-order valence-corrected chi connectivity index (χ1v) is 18.2. The SMILES string of the molecule is COc1ccc(CN(c2cc(C)n(C3CCCCO3)n2)c2nc(Nc3ccc(S(C)(=O)=O)cc3F)nc(-c3ccn(C)n3)c2C2CC2)cc1. The molecule has 0 spiro atoms. The molecule has 14 heteroatoms. The Bertz CT molecular complexity index is 2090. The van der Waals surface area contributed by atoms with Crippen molar-refractivity contribution in [3.05, 3.63) is 83.4 Å². The monoisotopic (exact) mass is 686 g/mol. The van der Waals surface area contributed by atoms with Gasteiger partial charge in [-0.1, -0.05) is 12.1 Å². The average Bonchev–Trinajstić information content (AvgIpc) is 3.72. The summed E-state index contributed by atoms with van der Waals surface area (Å²) < 4.78 is 54.7. The van der Waals surface area contributed by atoms with Crippen LogP contribution >= 0.6 is 0 Å². The van der Waals surface area contributed by atoms with Gasteiger partial charge in [0.2, 0.25) is 5.95 Å². The van der Waals surface area contributed by atoms with Crippen LogP contribution in [0.25, 0.3) is 11.4 Å². The Kier molecular flexibility index (Phi) is 8.84. The lowest BCUT2D eigenvalue weighted by molar-refractivity contribution is -0.0405. The second-order valence-electron chi connectivity index (χ2n) is 12.7. The summed E-state index contributed by atoms with van der Waals surface area (Å²) >= 11 is 0. The minimum absolute atomic E-state index is 0.0424. The topological polar surface area (TPSA) is 129 Å². The molecule has 4 heterocycles. The molecule has 7 rings (SSSR count). The predicted molar refractivity (Wildman–Crippen MR) is 184 cm³/mol. The molecule has 1 unspecified atom stereocenters. The van der Waals surface area contributed by atoms with Crippen molar-refractivity contribution >= 4 is 33.1 Å². The van der Waals surface area contributed by atoms with Crippen LogP contribution in [0.4, 0.5) is 27.7 Å². The van der Waals surface area contributed by atoms with Crippen LogP contribution in [0.2, 0.25) is 0 Å². The van der Waals surface area contributed by atoms with E-state index in [1.54, 1.807) is 11.8 Å². The van der Waals surface area contributed by atoms with Crippen molar-refractivity contribution in [2.45, 2.75) is 62.6 Å². The highest BCUT2D eigenvalue weighted by Gasteiger charge is 2.35. The largest absolute Gasteiger partial charge is 0.497 e. The summed E-state index contributed by atoms with van der Waals surface area (Å²) in [4.78, 5) is 11.9. The minimum Gasteiger partial charge on any atom is -0.497 e.